The number of nitrogen functional groups attached to an aromatic ring is 1. The van der Waals surface area contributed by atoms with Crippen molar-refractivity contribution in [2.24, 2.45) is 0 Å². The predicted molar refractivity (Wildman–Crippen MR) is 125 cm³/mol. The Morgan fingerprint density at radius 1 is 0.906 bits per heavy atom. The molecular weight excluding hydrogens is 410 g/mol. The molecule has 0 saturated carbocycles. The molecule has 32 heavy (non-hydrogen) atoms. The van der Waals surface area contributed by atoms with Gasteiger partial charge >= 0.3 is 6.09 Å². The van der Waals surface area contributed by atoms with E-state index in [1.54, 1.807) is 18.3 Å². The summed E-state index contributed by atoms with van der Waals surface area (Å²) in [5.74, 6) is 2.37. The van der Waals surface area contributed by atoms with Crippen molar-refractivity contribution in [3.05, 3.63) is 30.6 Å². The maximum Gasteiger partial charge on any atom is 0.409 e. The van der Waals surface area contributed by atoms with E-state index in [-0.39, 0.29) is 6.09 Å². The number of benzene rings is 1. The number of hydrogen-bond acceptors (Lipinski definition) is 9. The smallest absolute Gasteiger partial charge is 0.409 e. The summed E-state index contributed by atoms with van der Waals surface area (Å²) >= 11 is 0. The molecule has 3 heterocycles. The minimum absolute atomic E-state index is 0.266. The van der Waals surface area contributed by atoms with Gasteiger partial charge in [-0.3, -0.25) is 0 Å². The number of carbonyl (C=O) groups excluding carboxylic acids is 1. The summed E-state index contributed by atoms with van der Waals surface area (Å²) in [6.07, 6.45) is 1.31. The first-order chi connectivity index (χ1) is 15.6. The summed E-state index contributed by atoms with van der Waals surface area (Å²) in [4.78, 5) is 29.3. The van der Waals surface area contributed by atoms with Gasteiger partial charge in [-0.2, -0.15) is 0 Å². The highest BCUT2D eigenvalue weighted by Crippen LogP contribution is 2.31. The maximum absolute atomic E-state index is 11.9. The van der Waals surface area contributed by atoms with E-state index in [2.05, 4.69) is 36.8 Å². The zero-order valence-corrected chi connectivity index (χ0v) is 18.7. The first kappa shape index (κ1) is 21.8. The third-order valence-corrected chi connectivity index (χ3v) is 5.96. The van der Waals surface area contributed by atoms with Gasteiger partial charge in [0, 0.05) is 58.0 Å². The van der Waals surface area contributed by atoms with Gasteiger partial charge in [0.1, 0.15) is 17.8 Å². The van der Waals surface area contributed by atoms with Crippen LogP contribution in [0.4, 0.5) is 27.8 Å². The van der Waals surface area contributed by atoms with Crippen molar-refractivity contribution in [3.8, 4) is 5.75 Å². The second-order valence-corrected chi connectivity index (χ2v) is 7.78. The predicted octanol–water partition coefficient (Wildman–Crippen LogP) is 1.67. The molecule has 2 aliphatic heterocycles. The summed E-state index contributed by atoms with van der Waals surface area (Å²) in [7, 11) is 1.68. The number of ether oxygens (including phenoxy) is 2. The minimum Gasteiger partial charge on any atom is -0.497 e. The molecule has 2 aliphatic rings. The highest BCUT2D eigenvalue weighted by atomic mass is 16.6. The molecule has 0 radical (unpaired) electrons. The number of rotatable bonds is 5. The number of aromatic nitrogens is 2. The topological polar surface area (TPSA) is 100 Å². The molecule has 10 nitrogen and oxygen atoms in total. The van der Waals surface area contributed by atoms with Crippen LogP contribution < -0.4 is 25.2 Å². The molecule has 1 amide bonds. The minimum atomic E-state index is -0.266. The molecule has 1 aromatic carbocycles. The van der Waals surface area contributed by atoms with E-state index in [9.17, 15) is 4.79 Å². The summed E-state index contributed by atoms with van der Waals surface area (Å²) in [5, 5.41) is 0. The number of nitrogens with zero attached hydrogens (tertiary/aromatic N) is 6. The number of carbonyl (C=O) groups is 1. The van der Waals surface area contributed by atoms with Crippen LogP contribution in [0.25, 0.3) is 0 Å². The number of piperazine rings is 2. The lowest BCUT2D eigenvalue weighted by atomic mass is 10.2. The molecule has 0 bridgehead atoms. The van der Waals surface area contributed by atoms with Crippen LogP contribution in [0.3, 0.4) is 0 Å². The Bertz CT molecular complexity index is 908. The number of methoxy groups -OCH3 is 1. The van der Waals surface area contributed by atoms with Crippen LogP contribution in [0.5, 0.6) is 5.75 Å². The lowest BCUT2D eigenvalue weighted by molar-refractivity contribution is 0.105. The average Bonchev–Trinajstić information content (AvgIpc) is 2.85. The summed E-state index contributed by atoms with van der Waals surface area (Å²) < 4.78 is 10.3. The average molecular weight is 442 g/mol. The quantitative estimate of drug-likeness (QED) is 0.742. The van der Waals surface area contributed by atoms with Crippen molar-refractivity contribution < 1.29 is 14.3 Å². The Morgan fingerprint density at radius 3 is 1.97 bits per heavy atom. The van der Waals surface area contributed by atoms with E-state index in [1.165, 1.54) is 5.69 Å². The Kier molecular flexibility index (Phi) is 6.67. The van der Waals surface area contributed by atoms with Crippen LogP contribution in [0.15, 0.2) is 30.6 Å². The van der Waals surface area contributed by atoms with Gasteiger partial charge in [0.2, 0.25) is 0 Å². The normalized spacial score (nSPS) is 16.8. The van der Waals surface area contributed by atoms with Crippen LogP contribution in [0.1, 0.15) is 6.92 Å². The molecule has 0 unspecified atom stereocenters. The third-order valence-electron chi connectivity index (χ3n) is 5.96. The molecule has 0 aliphatic carbocycles. The molecule has 0 atom stereocenters. The van der Waals surface area contributed by atoms with Crippen molar-refractivity contribution in [2.45, 2.75) is 6.92 Å². The second kappa shape index (κ2) is 9.80. The van der Waals surface area contributed by atoms with Crippen molar-refractivity contribution in [1.29, 1.82) is 0 Å². The van der Waals surface area contributed by atoms with Crippen molar-refractivity contribution in [2.75, 3.05) is 86.5 Å². The summed E-state index contributed by atoms with van der Waals surface area (Å²) in [6.45, 7) is 8.08. The fourth-order valence-electron chi connectivity index (χ4n) is 4.17. The van der Waals surface area contributed by atoms with E-state index in [4.69, 9.17) is 15.2 Å². The van der Waals surface area contributed by atoms with Crippen LogP contribution in [0.2, 0.25) is 0 Å². The van der Waals surface area contributed by atoms with E-state index >= 15 is 0 Å². The molecule has 2 aromatic rings. The zero-order valence-electron chi connectivity index (χ0n) is 18.7. The standard InChI is InChI=1S/C22H31N7O3/c1-3-32-22(30)29-14-12-28(13-15-29)21-19(23)20(24-16-25-21)27-10-8-26(9-11-27)17-4-6-18(31-2)7-5-17/h4-7,16H,3,8-15,23H2,1-2H3. The van der Waals surface area contributed by atoms with Crippen LogP contribution in [0, 0.1) is 0 Å². The molecular formula is C22H31N7O3. The van der Waals surface area contributed by atoms with E-state index in [0.717, 1.165) is 43.6 Å². The first-order valence-corrected chi connectivity index (χ1v) is 11.0. The van der Waals surface area contributed by atoms with Crippen molar-refractivity contribution in [1.82, 2.24) is 14.9 Å². The van der Waals surface area contributed by atoms with Crippen molar-refractivity contribution in [3.63, 3.8) is 0 Å². The van der Waals surface area contributed by atoms with Crippen LogP contribution in [-0.4, -0.2) is 87.0 Å². The van der Waals surface area contributed by atoms with Crippen molar-refractivity contribution >= 4 is 29.1 Å². The monoisotopic (exact) mass is 441 g/mol. The number of amides is 1. The highest BCUT2D eigenvalue weighted by molar-refractivity contribution is 5.76. The van der Waals surface area contributed by atoms with E-state index in [1.807, 2.05) is 19.1 Å². The fourth-order valence-corrected chi connectivity index (χ4v) is 4.17. The van der Waals surface area contributed by atoms with Gasteiger partial charge in [0.15, 0.2) is 11.6 Å². The Hall–Kier alpha value is -3.43. The molecule has 0 spiro atoms. The number of nitrogens with two attached hydrogens (primary N) is 1. The van der Waals surface area contributed by atoms with Gasteiger partial charge in [0.05, 0.1) is 13.7 Å². The molecule has 2 saturated heterocycles. The first-order valence-electron chi connectivity index (χ1n) is 11.0. The highest BCUT2D eigenvalue weighted by Gasteiger charge is 2.27. The van der Waals surface area contributed by atoms with Gasteiger partial charge in [0.25, 0.3) is 0 Å². The van der Waals surface area contributed by atoms with E-state index < -0.39 is 0 Å². The molecule has 2 fully saturated rings. The van der Waals surface area contributed by atoms with Gasteiger partial charge in [-0.05, 0) is 31.2 Å². The van der Waals surface area contributed by atoms with Crippen LogP contribution >= 0.6 is 0 Å². The van der Waals surface area contributed by atoms with Gasteiger partial charge in [-0.1, -0.05) is 0 Å². The molecule has 1 aromatic heterocycles. The van der Waals surface area contributed by atoms with Gasteiger partial charge in [-0.25, -0.2) is 14.8 Å². The zero-order chi connectivity index (χ0) is 22.5. The Morgan fingerprint density at radius 2 is 1.44 bits per heavy atom. The van der Waals surface area contributed by atoms with Crippen LogP contribution in [-0.2, 0) is 4.74 Å². The maximum atomic E-state index is 11.9. The van der Waals surface area contributed by atoms with Gasteiger partial charge in [-0.15, -0.1) is 0 Å². The lowest BCUT2D eigenvalue weighted by Crippen LogP contribution is -2.49. The summed E-state index contributed by atoms with van der Waals surface area (Å²) in [5.41, 5.74) is 8.30. The lowest BCUT2D eigenvalue weighted by Gasteiger charge is -2.38. The third kappa shape index (κ3) is 4.58. The number of hydrogen-bond donors (Lipinski definition) is 1. The molecule has 4 rings (SSSR count). The Balaban J connectivity index is 1.38. The molecule has 172 valence electrons. The second-order valence-electron chi connectivity index (χ2n) is 7.78. The molecule has 10 heteroatoms. The van der Waals surface area contributed by atoms with Gasteiger partial charge < -0.3 is 34.8 Å². The van der Waals surface area contributed by atoms with E-state index in [0.29, 0.717) is 38.5 Å². The Labute approximate surface area is 188 Å². The largest absolute Gasteiger partial charge is 0.497 e. The summed E-state index contributed by atoms with van der Waals surface area (Å²) in [6, 6.07) is 8.14. The SMILES string of the molecule is CCOC(=O)N1CCN(c2ncnc(N3CCN(c4ccc(OC)cc4)CC3)c2N)CC1. The number of anilines is 4. The molecule has 2 N–H and O–H groups in total. The fraction of sp³-hybridized carbons (Fsp3) is 0.500.